The molecule has 1 fully saturated rings. The number of hydrogen-bond donors (Lipinski definition) is 4. The van der Waals surface area contributed by atoms with Gasteiger partial charge in [0.05, 0.1) is 12.5 Å². The van der Waals surface area contributed by atoms with Crippen LogP contribution in [-0.2, 0) is 9.59 Å². The number of carbonyl (C=O) groups is 3. The summed E-state index contributed by atoms with van der Waals surface area (Å²) in [7, 11) is 0. The van der Waals surface area contributed by atoms with Crippen molar-refractivity contribution < 1.29 is 19.5 Å². The number of carboxylic acids is 1. The van der Waals surface area contributed by atoms with Crippen molar-refractivity contribution in [2.75, 3.05) is 6.54 Å². The Morgan fingerprint density at radius 2 is 1.85 bits per heavy atom. The first-order chi connectivity index (χ1) is 9.40. The minimum absolute atomic E-state index is 0.0158. The molecule has 4 N–H and O–H groups in total. The van der Waals surface area contributed by atoms with Gasteiger partial charge in [-0.3, -0.25) is 9.59 Å². The molecule has 7 heteroatoms. The first-order valence-electron chi connectivity index (χ1n) is 6.96. The molecule has 1 saturated carbocycles. The number of aliphatic carboxylic acids is 1. The van der Waals surface area contributed by atoms with E-state index in [0.29, 0.717) is 12.8 Å². The second-order valence-corrected chi connectivity index (χ2v) is 5.38. The topological polar surface area (TPSA) is 108 Å². The highest BCUT2D eigenvalue weighted by Crippen LogP contribution is 2.24. The quantitative estimate of drug-likeness (QED) is 0.588. The lowest BCUT2D eigenvalue weighted by atomic mass is 9.84. The highest BCUT2D eigenvalue weighted by atomic mass is 16.4. The molecular weight excluding hydrogens is 262 g/mol. The van der Waals surface area contributed by atoms with E-state index in [2.05, 4.69) is 16.0 Å². The van der Waals surface area contributed by atoms with Gasteiger partial charge in [-0.25, -0.2) is 4.79 Å². The monoisotopic (exact) mass is 285 g/mol. The molecule has 0 aromatic heterocycles. The van der Waals surface area contributed by atoms with Crippen LogP contribution in [0, 0.1) is 5.92 Å². The van der Waals surface area contributed by atoms with E-state index in [-0.39, 0.29) is 24.5 Å². The molecule has 3 amide bonds. The Kier molecular flexibility index (Phi) is 6.27. The van der Waals surface area contributed by atoms with Crippen molar-refractivity contribution in [2.45, 2.75) is 51.6 Å². The Hall–Kier alpha value is -1.79. The summed E-state index contributed by atoms with van der Waals surface area (Å²) < 4.78 is 0. The number of hydrogen-bond acceptors (Lipinski definition) is 3. The number of rotatable bonds is 5. The molecular formula is C13H23N3O4. The third-order valence-electron chi connectivity index (χ3n) is 3.26. The van der Waals surface area contributed by atoms with Crippen LogP contribution in [0.3, 0.4) is 0 Å². The number of amides is 3. The zero-order valence-electron chi connectivity index (χ0n) is 11.9. The lowest BCUT2D eigenvalue weighted by molar-refractivity contribution is -0.143. The van der Waals surface area contributed by atoms with Crippen molar-refractivity contribution >= 4 is 17.9 Å². The van der Waals surface area contributed by atoms with Crippen molar-refractivity contribution in [1.29, 1.82) is 0 Å². The molecule has 0 spiro atoms. The van der Waals surface area contributed by atoms with Crippen LogP contribution in [0.1, 0.15) is 39.5 Å². The van der Waals surface area contributed by atoms with E-state index in [9.17, 15) is 14.4 Å². The molecule has 0 radical (unpaired) electrons. The largest absolute Gasteiger partial charge is 0.481 e. The number of carboxylic acid groups (broad SMARTS) is 1. The zero-order chi connectivity index (χ0) is 15.1. The van der Waals surface area contributed by atoms with Crippen molar-refractivity contribution in [2.24, 2.45) is 5.92 Å². The predicted molar refractivity (Wildman–Crippen MR) is 73.2 cm³/mol. The van der Waals surface area contributed by atoms with Crippen LogP contribution in [0.4, 0.5) is 4.79 Å². The third-order valence-corrected chi connectivity index (χ3v) is 3.26. The first kappa shape index (κ1) is 16.3. The first-order valence-corrected chi connectivity index (χ1v) is 6.96. The lowest BCUT2D eigenvalue weighted by Crippen LogP contribution is -2.50. The van der Waals surface area contributed by atoms with Gasteiger partial charge >= 0.3 is 12.0 Å². The molecule has 20 heavy (non-hydrogen) atoms. The van der Waals surface area contributed by atoms with Crippen LogP contribution < -0.4 is 16.0 Å². The minimum atomic E-state index is -0.882. The van der Waals surface area contributed by atoms with Crippen LogP contribution in [0.15, 0.2) is 0 Å². The molecule has 1 rings (SSSR count). The van der Waals surface area contributed by atoms with Gasteiger partial charge in [0.1, 0.15) is 0 Å². The molecule has 2 atom stereocenters. The SMILES string of the molecule is CC(C)NC(=O)CNC(=O)NC1CCCCC1C(=O)O. The van der Waals surface area contributed by atoms with E-state index in [1.54, 1.807) is 0 Å². The van der Waals surface area contributed by atoms with E-state index in [1.165, 1.54) is 0 Å². The summed E-state index contributed by atoms with van der Waals surface area (Å²) in [6.45, 7) is 3.55. The van der Waals surface area contributed by atoms with Crippen molar-refractivity contribution in [3.8, 4) is 0 Å². The van der Waals surface area contributed by atoms with Crippen molar-refractivity contribution in [1.82, 2.24) is 16.0 Å². The lowest BCUT2D eigenvalue weighted by Gasteiger charge is -2.29. The second-order valence-electron chi connectivity index (χ2n) is 5.38. The van der Waals surface area contributed by atoms with Crippen LogP contribution in [0.25, 0.3) is 0 Å². The smallest absolute Gasteiger partial charge is 0.315 e. The van der Waals surface area contributed by atoms with E-state index in [1.807, 2.05) is 13.8 Å². The third kappa shape index (κ3) is 5.46. The average Bonchev–Trinajstić information content (AvgIpc) is 2.36. The summed E-state index contributed by atoms with van der Waals surface area (Å²) >= 11 is 0. The molecule has 0 aliphatic heterocycles. The molecule has 1 aliphatic carbocycles. The van der Waals surface area contributed by atoms with Gasteiger partial charge in [0.15, 0.2) is 0 Å². The Balaban J connectivity index is 2.37. The van der Waals surface area contributed by atoms with E-state index < -0.39 is 17.9 Å². The van der Waals surface area contributed by atoms with Gasteiger partial charge in [-0.05, 0) is 26.7 Å². The summed E-state index contributed by atoms with van der Waals surface area (Å²) in [6, 6.07) is -0.849. The minimum Gasteiger partial charge on any atom is -0.481 e. The van der Waals surface area contributed by atoms with Crippen LogP contribution in [-0.4, -0.2) is 41.6 Å². The number of urea groups is 1. The van der Waals surface area contributed by atoms with E-state index >= 15 is 0 Å². The predicted octanol–water partition coefficient (Wildman–Crippen LogP) is 0.454. The van der Waals surface area contributed by atoms with Gasteiger partial charge in [0, 0.05) is 12.1 Å². The Labute approximate surface area is 118 Å². The summed E-state index contributed by atoms with van der Waals surface area (Å²) in [5.41, 5.74) is 0. The average molecular weight is 285 g/mol. The van der Waals surface area contributed by atoms with Gasteiger partial charge < -0.3 is 21.1 Å². The normalized spacial score (nSPS) is 22.1. The Bertz CT molecular complexity index is 371. The van der Waals surface area contributed by atoms with Gasteiger partial charge in [0.2, 0.25) is 5.91 Å². The maximum Gasteiger partial charge on any atom is 0.315 e. The molecule has 0 heterocycles. The summed E-state index contributed by atoms with van der Waals surface area (Å²) in [6.07, 6.45) is 3.01. The summed E-state index contributed by atoms with van der Waals surface area (Å²) in [5.74, 6) is -1.69. The molecule has 0 aromatic rings. The molecule has 2 unspecified atom stereocenters. The van der Waals surface area contributed by atoms with Crippen LogP contribution in [0.5, 0.6) is 0 Å². The van der Waals surface area contributed by atoms with E-state index in [4.69, 9.17) is 5.11 Å². The number of carbonyl (C=O) groups excluding carboxylic acids is 2. The maximum absolute atomic E-state index is 11.7. The van der Waals surface area contributed by atoms with Crippen molar-refractivity contribution in [3.63, 3.8) is 0 Å². The highest BCUT2D eigenvalue weighted by molar-refractivity contribution is 5.84. The van der Waals surface area contributed by atoms with Gasteiger partial charge in [-0.2, -0.15) is 0 Å². The molecule has 0 saturated heterocycles. The van der Waals surface area contributed by atoms with E-state index in [0.717, 1.165) is 12.8 Å². The molecule has 1 aliphatic rings. The molecule has 7 nitrogen and oxygen atoms in total. The number of nitrogens with one attached hydrogen (secondary N) is 3. The maximum atomic E-state index is 11.7. The zero-order valence-corrected chi connectivity index (χ0v) is 11.9. The fourth-order valence-electron chi connectivity index (χ4n) is 2.35. The van der Waals surface area contributed by atoms with Gasteiger partial charge in [-0.1, -0.05) is 12.8 Å². The summed E-state index contributed by atoms with van der Waals surface area (Å²) in [5, 5.41) is 16.8. The van der Waals surface area contributed by atoms with Gasteiger partial charge in [-0.15, -0.1) is 0 Å². The van der Waals surface area contributed by atoms with Gasteiger partial charge in [0.25, 0.3) is 0 Å². The fourth-order valence-corrected chi connectivity index (χ4v) is 2.35. The molecule has 114 valence electrons. The highest BCUT2D eigenvalue weighted by Gasteiger charge is 2.31. The molecule has 0 bridgehead atoms. The fraction of sp³-hybridized carbons (Fsp3) is 0.769. The van der Waals surface area contributed by atoms with Crippen molar-refractivity contribution in [3.05, 3.63) is 0 Å². The standard InChI is InChI=1S/C13H23N3O4/c1-8(2)15-11(17)7-14-13(20)16-10-6-4-3-5-9(10)12(18)19/h8-10H,3-7H2,1-2H3,(H,15,17)(H,18,19)(H2,14,16,20). The Morgan fingerprint density at radius 1 is 1.20 bits per heavy atom. The second kappa shape index (κ2) is 7.72. The molecule has 0 aromatic carbocycles. The summed E-state index contributed by atoms with van der Waals surface area (Å²) in [4.78, 5) is 34.1. The van der Waals surface area contributed by atoms with Crippen LogP contribution >= 0.6 is 0 Å². The van der Waals surface area contributed by atoms with Crippen LogP contribution in [0.2, 0.25) is 0 Å². The Morgan fingerprint density at radius 3 is 2.45 bits per heavy atom.